The molecular formula is C74H111N11O20. The van der Waals surface area contributed by atoms with Crippen molar-refractivity contribution >= 4 is 80.7 Å². The Hall–Kier alpha value is -7.47. The van der Waals surface area contributed by atoms with Crippen LogP contribution in [0, 0.1) is 13.8 Å². The first-order valence-corrected chi connectivity index (χ1v) is 36.6. The van der Waals surface area contributed by atoms with Gasteiger partial charge in [0, 0.05) is 111 Å². The minimum absolute atomic E-state index is 0.00369. The van der Waals surface area contributed by atoms with Gasteiger partial charge >= 0.3 is 5.97 Å². The van der Waals surface area contributed by atoms with Crippen LogP contribution in [-0.2, 0) is 80.8 Å². The Balaban J connectivity index is 0.916. The number of aliphatic hydroxyl groups excluding tert-OH is 1. The number of aryl methyl sites for hydroxylation is 2. The first-order valence-electron chi connectivity index (χ1n) is 36.6. The van der Waals surface area contributed by atoms with Gasteiger partial charge in [-0.05, 0) is 94.0 Å². The van der Waals surface area contributed by atoms with E-state index in [0.29, 0.717) is 206 Å². The lowest BCUT2D eigenvalue weighted by molar-refractivity contribution is -0.139. The third-order valence-corrected chi connectivity index (χ3v) is 18.3. The lowest BCUT2D eigenvalue weighted by Gasteiger charge is -2.31. The van der Waals surface area contributed by atoms with Crippen molar-refractivity contribution in [2.45, 2.75) is 98.1 Å². The lowest BCUT2D eigenvalue weighted by atomic mass is 9.84. The Morgan fingerprint density at radius 1 is 0.667 bits per heavy atom. The fraction of sp³-hybridized carbons (Fsp3) is 0.635. The number of H-pyrrole nitrogens is 2. The molecule has 0 aliphatic carbocycles. The number of aromatic amines is 2. The summed E-state index contributed by atoms with van der Waals surface area (Å²) in [6.07, 6.45) is 3.97. The molecule has 31 heteroatoms. The summed E-state index contributed by atoms with van der Waals surface area (Å²) in [4.78, 5) is 120. The van der Waals surface area contributed by atoms with Gasteiger partial charge in [-0.15, -0.1) is 0 Å². The number of aliphatic hydroxyl groups is 1. The van der Waals surface area contributed by atoms with Crippen molar-refractivity contribution in [3.05, 3.63) is 74.9 Å². The number of carbonyl (C=O) groups excluding carboxylic acids is 7. The first-order chi connectivity index (χ1) is 50.9. The van der Waals surface area contributed by atoms with E-state index in [2.05, 4.69) is 37.7 Å². The van der Waals surface area contributed by atoms with Crippen LogP contribution >= 0.6 is 0 Å². The maximum atomic E-state index is 15.4. The van der Waals surface area contributed by atoms with E-state index in [-0.39, 0.29) is 103 Å². The minimum atomic E-state index is -0.978. The number of aromatic nitrogens is 4. The number of esters is 1. The molecule has 582 valence electrons. The van der Waals surface area contributed by atoms with Crippen LogP contribution in [0.15, 0.2) is 24.3 Å². The molecule has 0 aromatic carbocycles. The minimum Gasteiger partial charge on any atom is -0.460 e. The predicted molar refractivity (Wildman–Crippen MR) is 391 cm³/mol. The summed E-state index contributed by atoms with van der Waals surface area (Å²) in [5, 5.41) is 17.0. The van der Waals surface area contributed by atoms with Crippen molar-refractivity contribution < 1.29 is 95.5 Å². The van der Waals surface area contributed by atoms with Gasteiger partial charge in [-0.1, -0.05) is 13.8 Å². The Bertz CT molecular complexity index is 3560. The van der Waals surface area contributed by atoms with Gasteiger partial charge in [-0.25, -0.2) is 9.78 Å². The number of amides is 6. The third kappa shape index (κ3) is 26.5. The highest BCUT2D eigenvalue weighted by atomic mass is 16.6. The van der Waals surface area contributed by atoms with Crippen LogP contribution < -0.4 is 21.7 Å². The van der Waals surface area contributed by atoms with E-state index in [1.165, 1.54) is 29.7 Å². The normalized spacial score (nSPS) is 16.0. The highest BCUT2D eigenvalue weighted by Gasteiger charge is 2.41. The van der Waals surface area contributed by atoms with Gasteiger partial charge in [-0.3, -0.25) is 43.6 Å². The van der Waals surface area contributed by atoms with E-state index in [4.69, 9.17) is 77.7 Å². The van der Waals surface area contributed by atoms with E-state index < -0.39 is 53.5 Å². The van der Waals surface area contributed by atoms with Crippen LogP contribution in [0.4, 0.5) is 0 Å². The number of likely N-dealkylation sites (N-methyl/N-ethyl adjacent to an activating group) is 1. The van der Waals surface area contributed by atoms with Gasteiger partial charge in [0.2, 0.25) is 23.6 Å². The number of ether oxygens (including phenoxy) is 12. The van der Waals surface area contributed by atoms with Crippen LogP contribution in [-0.4, -0.2) is 305 Å². The molecule has 1 fully saturated rings. The summed E-state index contributed by atoms with van der Waals surface area (Å²) in [5.41, 5.74) is 14.7. The van der Waals surface area contributed by atoms with Crippen LogP contribution in [0.1, 0.15) is 132 Å². The fourth-order valence-electron chi connectivity index (χ4n) is 12.2. The number of allylic oxidation sites excluding steroid dienone is 2. The van der Waals surface area contributed by atoms with E-state index in [1.807, 2.05) is 45.9 Å². The van der Waals surface area contributed by atoms with Crippen molar-refractivity contribution in [1.82, 2.24) is 50.6 Å². The molecule has 0 saturated carbocycles. The zero-order chi connectivity index (χ0) is 75.5. The van der Waals surface area contributed by atoms with Gasteiger partial charge in [0.05, 0.1) is 186 Å². The fourth-order valence-corrected chi connectivity index (χ4v) is 12.2. The summed E-state index contributed by atoms with van der Waals surface area (Å²) < 4.78 is 65.5. The van der Waals surface area contributed by atoms with Gasteiger partial charge in [0.1, 0.15) is 18.7 Å². The van der Waals surface area contributed by atoms with Crippen LogP contribution in [0.3, 0.4) is 0 Å². The lowest BCUT2D eigenvalue weighted by Crippen LogP contribution is -2.52. The number of nitrogens with one attached hydrogen (secondary N) is 5. The first kappa shape index (κ1) is 84.8. The Labute approximate surface area is 614 Å². The van der Waals surface area contributed by atoms with Crippen LogP contribution in [0.5, 0.6) is 0 Å². The average molecular weight is 1470 g/mol. The molecule has 6 amide bonds. The number of fused-ring (bicyclic) bond motifs is 8. The summed E-state index contributed by atoms with van der Waals surface area (Å²) in [6.45, 7) is 23.9. The molecule has 7 heterocycles. The molecule has 4 aliphatic rings. The standard InChI is InChI=1S/C74H111N11O20/c1-9-55-49(2)59-47-63-56(11-13-66(89)105-45-44-104-33-30-97-27-22-86)50(3)58(80-63)46-60-51(4)57(69(81-60)68-70-67(52(5)61(82-70)48-62(55)79-59)73(92)85(74(68)93)19-18-84-20-25-96-26-21-84)10-12-65(88)83(8)17-16-76-71(90)53(6)78-72(91)54(7)77-64(87)14-23-94-28-31-98-34-36-100-38-40-102-42-43-103-41-39-101-37-35-99-32-29-95-24-15-75/h11,13,46-48,51,53-54,57,80,82,86H,9-10,12,14-45,75H2,1-8H3,(H,76,90)(H,77,87)(H,78,91)/b13-11+,58-46?,59-47?,60-46?,61-48?,62-48?,63-47?,69-68?/t51-,53-,54-,57-/m0/s1. The van der Waals surface area contributed by atoms with Gasteiger partial charge < -0.3 is 98.5 Å². The monoisotopic (exact) mass is 1470 g/mol. The zero-order valence-electron chi connectivity index (χ0n) is 62.5. The summed E-state index contributed by atoms with van der Waals surface area (Å²) >= 11 is 0. The third-order valence-electron chi connectivity index (χ3n) is 18.3. The van der Waals surface area contributed by atoms with Crippen molar-refractivity contribution in [2.24, 2.45) is 5.73 Å². The van der Waals surface area contributed by atoms with Crippen LogP contribution in [0.25, 0.3) is 39.3 Å². The molecule has 105 heavy (non-hydrogen) atoms. The number of hydrogen-bond donors (Lipinski definition) is 7. The number of carbonyl (C=O) groups is 7. The van der Waals surface area contributed by atoms with E-state index >= 15 is 4.79 Å². The topological polar surface area (TPSA) is 380 Å². The van der Waals surface area contributed by atoms with Crippen LogP contribution in [0.2, 0.25) is 0 Å². The van der Waals surface area contributed by atoms with Crippen molar-refractivity contribution in [1.29, 1.82) is 0 Å². The smallest absolute Gasteiger partial charge is 0.330 e. The highest BCUT2D eigenvalue weighted by molar-refractivity contribution is 6.23. The maximum Gasteiger partial charge on any atom is 0.330 e. The molecule has 1 saturated heterocycles. The summed E-state index contributed by atoms with van der Waals surface area (Å²) in [5.74, 6) is -4.11. The van der Waals surface area contributed by atoms with E-state index in [0.717, 1.165) is 16.7 Å². The summed E-state index contributed by atoms with van der Waals surface area (Å²) in [6, 6.07) is 3.87. The molecule has 0 spiro atoms. The molecule has 8 N–H and O–H groups in total. The van der Waals surface area contributed by atoms with Crippen molar-refractivity contribution in [3.8, 4) is 0 Å². The van der Waals surface area contributed by atoms with Gasteiger partial charge in [0.15, 0.2) is 0 Å². The van der Waals surface area contributed by atoms with Crippen molar-refractivity contribution in [2.75, 3.05) is 211 Å². The van der Waals surface area contributed by atoms with E-state index in [1.54, 1.807) is 13.1 Å². The maximum absolute atomic E-state index is 15.4. The predicted octanol–water partition coefficient (Wildman–Crippen LogP) is 3.52. The number of imide groups is 1. The zero-order valence-corrected chi connectivity index (χ0v) is 62.5. The molecule has 31 nitrogen and oxygen atoms in total. The quantitative estimate of drug-likeness (QED) is 0.0184. The number of hydrogen-bond acceptors (Lipinski definition) is 24. The van der Waals surface area contributed by atoms with Gasteiger partial charge in [-0.2, -0.15) is 0 Å². The molecule has 4 aliphatic heterocycles. The molecule has 3 aromatic rings. The Morgan fingerprint density at radius 2 is 1.21 bits per heavy atom. The van der Waals surface area contributed by atoms with Gasteiger partial charge in [0.25, 0.3) is 11.8 Å². The summed E-state index contributed by atoms with van der Waals surface area (Å²) in [7, 11) is 1.63. The van der Waals surface area contributed by atoms with Crippen molar-refractivity contribution in [3.63, 3.8) is 0 Å². The number of morpholine rings is 1. The Morgan fingerprint density at radius 3 is 1.80 bits per heavy atom. The highest BCUT2D eigenvalue weighted by Crippen LogP contribution is 2.44. The molecule has 4 atom stereocenters. The molecule has 7 rings (SSSR count). The molecule has 0 unspecified atom stereocenters. The number of nitrogens with zero attached hydrogens (tertiary/aromatic N) is 5. The Kier molecular flexibility index (Phi) is 37.1. The molecule has 8 bridgehead atoms. The average Bonchev–Trinajstić information content (AvgIpc) is 1.59. The number of nitrogens with two attached hydrogens (primary N) is 1. The largest absolute Gasteiger partial charge is 0.460 e. The molecule has 0 radical (unpaired) electrons. The SMILES string of the molecule is CCC1=C(C)c2cc3[nH]c(cc4nc(c5c6[nH]c(cc1n2)c(C)c6C(=O)N(CCN1CCOCC1)C5=O)[C@@H](CCC(=O)N(C)CCNC(=O)[C@H](C)NC(=O)[C@H](C)NC(=O)CCOCCOCCOCCOCCOCCOCCOCCOCCN)[C@@H]4C)c(C)c3/C=C/C(=O)OCCOCCOCCO. The second-order valence-corrected chi connectivity index (χ2v) is 25.6. The molecule has 3 aromatic heterocycles. The second-order valence-electron chi connectivity index (χ2n) is 25.6. The number of rotatable bonds is 50. The van der Waals surface area contributed by atoms with E-state index in [9.17, 15) is 28.8 Å². The molecular weight excluding hydrogens is 1360 g/mol. The second kappa shape index (κ2) is 45.9.